The number of imidazole rings is 1. The van der Waals surface area contributed by atoms with Crippen LogP contribution < -0.4 is 16.0 Å². The van der Waals surface area contributed by atoms with Crippen LogP contribution in [0.3, 0.4) is 0 Å². The lowest BCUT2D eigenvalue weighted by atomic mass is 10.1. The van der Waals surface area contributed by atoms with E-state index in [2.05, 4.69) is 23.8 Å². The molecule has 24 nitrogen and oxygen atoms in total. The summed E-state index contributed by atoms with van der Waals surface area (Å²) in [4.78, 5) is 62.2. The molecule has 2 unspecified atom stereocenters. The van der Waals surface area contributed by atoms with Gasteiger partial charge in [0.15, 0.2) is 36.2 Å². The first-order chi connectivity index (χ1) is 22.4. The second-order valence-corrected chi connectivity index (χ2v) is 14.5. The highest BCUT2D eigenvalue weighted by molar-refractivity contribution is 7.61. The number of ether oxygens (including phenoxy) is 2. The minimum Gasteiger partial charge on any atom is -0.387 e. The van der Waals surface area contributed by atoms with Gasteiger partial charge in [0.05, 0.1) is 19.5 Å². The molecule has 2 fully saturated rings. The summed E-state index contributed by atoms with van der Waals surface area (Å²) in [6.07, 6.45) is -8.39. The molecule has 27 heteroatoms. The lowest BCUT2D eigenvalue weighted by Crippen LogP contribution is -2.46. The van der Waals surface area contributed by atoms with Gasteiger partial charge < -0.3 is 55.8 Å². The molecule has 5 rings (SSSR count). The van der Waals surface area contributed by atoms with E-state index in [0.717, 1.165) is 17.2 Å². The highest BCUT2D eigenvalue weighted by Crippen LogP contribution is 2.61. The lowest BCUT2D eigenvalue weighted by Gasteiger charge is -2.22. The van der Waals surface area contributed by atoms with Crippen molar-refractivity contribution in [2.24, 2.45) is 5.73 Å². The number of amides is 1. The maximum Gasteiger partial charge on any atom is 0.481 e. The number of primary amides is 1. The molecule has 264 valence electrons. The summed E-state index contributed by atoms with van der Waals surface area (Å²) >= 11 is 0. The van der Waals surface area contributed by atoms with Crippen molar-refractivity contribution in [3.05, 3.63) is 42.7 Å². The van der Waals surface area contributed by atoms with E-state index in [9.17, 15) is 53.4 Å². The predicted octanol–water partition coefficient (Wildman–Crippen LogP) is -2.90. The molecule has 0 spiro atoms. The molecule has 10 atom stereocenters. The average Bonchev–Trinajstić information content (AvgIpc) is 3.64. The van der Waals surface area contributed by atoms with E-state index >= 15 is 0 Å². The minimum absolute atomic E-state index is 0.00286. The summed E-state index contributed by atoms with van der Waals surface area (Å²) < 4.78 is 68.4. The normalized spacial score (nSPS) is 30.3. The van der Waals surface area contributed by atoms with Gasteiger partial charge in [-0.25, -0.2) is 28.6 Å². The Bertz CT molecular complexity index is 1810. The number of carbonyl (C=O) groups excluding carboxylic acids is 1. The van der Waals surface area contributed by atoms with Crippen LogP contribution in [0.4, 0.5) is 5.82 Å². The van der Waals surface area contributed by atoms with Gasteiger partial charge in [-0.1, -0.05) is 0 Å². The fourth-order valence-corrected chi connectivity index (χ4v) is 7.47. The molecule has 0 bridgehead atoms. The maximum absolute atomic E-state index is 12.6. The molecule has 3 aromatic rings. The van der Waals surface area contributed by atoms with Crippen molar-refractivity contribution in [1.29, 1.82) is 0 Å². The van der Waals surface area contributed by atoms with E-state index in [1.54, 1.807) is 0 Å². The van der Waals surface area contributed by atoms with Crippen molar-refractivity contribution in [1.82, 2.24) is 19.5 Å². The van der Waals surface area contributed by atoms with Crippen LogP contribution >= 0.6 is 23.5 Å². The minimum atomic E-state index is -5.52. The van der Waals surface area contributed by atoms with Crippen LogP contribution in [0.1, 0.15) is 22.8 Å². The number of anilines is 1. The van der Waals surface area contributed by atoms with E-state index < -0.39 is 91.7 Å². The summed E-state index contributed by atoms with van der Waals surface area (Å²) in [7, 11) is -16.3. The van der Waals surface area contributed by atoms with Crippen LogP contribution in [0.2, 0.25) is 0 Å². The fraction of sp³-hybridized carbons (Fsp3) is 0.476. The van der Waals surface area contributed by atoms with Gasteiger partial charge in [-0.05, 0) is 6.07 Å². The summed E-state index contributed by atoms with van der Waals surface area (Å²) in [5.74, 6) is -0.848. The molecule has 48 heavy (non-hydrogen) atoms. The second kappa shape index (κ2) is 13.8. The highest BCUT2D eigenvalue weighted by Gasteiger charge is 2.51. The van der Waals surface area contributed by atoms with Gasteiger partial charge in [0.25, 0.3) is 12.1 Å². The highest BCUT2D eigenvalue weighted by atomic mass is 31.3. The standard InChI is InChI=1S/C21H28N7O17P3/c22-17-12-19(25-7-24-17)28(8-26-12)21-16(44-46(33,34)35)14(30)11(43-21)6-41-48(38,39)45-47(36,37)40-5-10-13(29)15(31)20(42-10)27-3-1-2-9(4-27)18(23)32/h1-4,7-8,10-11,13-16,20-21,29-31H,5-6H2,(H7-,22,23,24,25,32,33,34,35,36,37,38,39)/p+1/t10-,11+,13-,14+,15-,16+,20-,21+/m1/s1. The van der Waals surface area contributed by atoms with E-state index in [0.29, 0.717) is 0 Å². The van der Waals surface area contributed by atoms with Crippen LogP contribution in [0.5, 0.6) is 0 Å². The Morgan fingerprint density at radius 2 is 1.60 bits per heavy atom. The molecule has 2 saturated heterocycles. The quantitative estimate of drug-likeness (QED) is 0.0626. The number of nitrogens with two attached hydrogens (primary N) is 2. The second-order valence-electron chi connectivity index (χ2n) is 10.3. The third-order valence-electron chi connectivity index (χ3n) is 6.98. The Kier molecular flexibility index (Phi) is 10.5. The molecular formula is C21H29N7O17P3+. The number of aromatic nitrogens is 5. The molecule has 5 heterocycles. The van der Waals surface area contributed by atoms with Crippen LogP contribution in [0, 0.1) is 0 Å². The van der Waals surface area contributed by atoms with Gasteiger partial charge in [-0.2, -0.15) is 8.88 Å². The summed E-state index contributed by atoms with van der Waals surface area (Å²) in [6.45, 7) is -2.03. The van der Waals surface area contributed by atoms with Gasteiger partial charge in [0.2, 0.25) is 0 Å². The number of phosphoric ester groups is 3. The first kappa shape index (κ1) is 36.4. The van der Waals surface area contributed by atoms with Crippen LogP contribution in [0.25, 0.3) is 11.2 Å². The number of carbonyl (C=O) groups is 1. The number of nitrogen functional groups attached to an aromatic ring is 1. The van der Waals surface area contributed by atoms with E-state index in [4.69, 9.17) is 30.0 Å². The molecule has 0 radical (unpaired) electrons. The number of nitrogens with zero attached hydrogens (tertiary/aromatic N) is 5. The smallest absolute Gasteiger partial charge is 0.387 e. The van der Waals surface area contributed by atoms with Gasteiger partial charge >= 0.3 is 23.5 Å². The number of rotatable bonds is 13. The summed E-state index contributed by atoms with van der Waals surface area (Å²) in [5.41, 5.74) is 11.1. The number of aliphatic hydroxyl groups excluding tert-OH is 3. The molecule has 0 saturated carbocycles. The Labute approximate surface area is 267 Å². The zero-order valence-electron chi connectivity index (χ0n) is 23.9. The van der Waals surface area contributed by atoms with Gasteiger partial charge in [-0.3, -0.25) is 22.9 Å². The van der Waals surface area contributed by atoms with Crippen molar-refractivity contribution >= 4 is 46.4 Å². The Morgan fingerprint density at radius 1 is 0.958 bits per heavy atom. The summed E-state index contributed by atoms with van der Waals surface area (Å²) in [5, 5.41) is 31.5. The molecule has 0 aliphatic carbocycles. The zero-order valence-corrected chi connectivity index (χ0v) is 26.6. The number of aliphatic hydroxyl groups is 3. The topological polar surface area (TPSA) is 365 Å². The average molecular weight is 744 g/mol. The van der Waals surface area contributed by atoms with Crippen LogP contribution in [-0.2, 0) is 41.1 Å². The third-order valence-corrected chi connectivity index (χ3v) is 10.1. The van der Waals surface area contributed by atoms with E-state index in [1.165, 1.54) is 29.1 Å². The molecule has 1 amide bonds. The monoisotopic (exact) mass is 744 g/mol. The third kappa shape index (κ3) is 8.12. The van der Waals surface area contributed by atoms with Gasteiger partial charge in [0.1, 0.15) is 47.9 Å². The van der Waals surface area contributed by atoms with Crippen molar-refractivity contribution < 1.29 is 85.3 Å². The van der Waals surface area contributed by atoms with Crippen LogP contribution in [-0.4, -0.2) is 110 Å². The fourth-order valence-electron chi connectivity index (χ4n) is 4.83. The lowest BCUT2D eigenvalue weighted by molar-refractivity contribution is -0.765. The Hall–Kier alpha value is -2.86. The molecule has 2 aliphatic heterocycles. The zero-order chi connectivity index (χ0) is 35.2. The van der Waals surface area contributed by atoms with Crippen molar-refractivity contribution in [3.63, 3.8) is 0 Å². The SMILES string of the molecule is NC(=O)c1ccc[n+]([C@@H]2O[C@H](COP(=O)(O)OP(=O)(O)OC[C@@H]3O[C@H](n4cnc5c(N)ncnc54)[C@@H](OP(=O)(O)O)[C@H]3O)[C@@H](O)[C@H]2O)c1. The predicted molar refractivity (Wildman–Crippen MR) is 150 cm³/mol. The maximum atomic E-state index is 12.6. The molecule has 11 N–H and O–H groups in total. The molecule has 2 aliphatic rings. The first-order valence-electron chi connectivity index (χ1n) is 13.3. The summed E-state index contributed by atoms with van der Waals surface area (Å²) in [6, 6.07) is 2.79. The molecule has 3 aromatic heterocycles. The largest absolute Gasteiger partial charge is 0.481 e. The van der Waals surface area contributed by atoms with E-state index in [-0.39, 0.29) is 22.5 Å². The molecule has 0 aromatic carbocycles. The van der Waals surface area contributed by atoms with Crippen molar-refractivity contribution in [2.45, 2.75) is 49.1 Å². The van der Waals surface area contributed by atoms with Crippen molar-refractivity contribution in [2.75, 3.05) is 18.9 Å². The number of hydrogen-bond donors (Lipinski definition) is 9. The Morgan fingerprint density at radius 3 is 2.23 bits per heavy atom. The van der Waals surface area contributed by atoms with Crippen molar-refractivity contribution in [3.8, 4) is 0 Å². The number of pyridine rings is 1. The first-order valence-corrected chi connectivity index (χ1v) is 17.9. The number of fused-ring (bicyclic) bond motifs is 1. The number of hydrogen-bond acceptors (Lipinski definition) is 17. The van der Waals surface area contributed by atoms with Crippen LogP contribution in [0.15, 0.2) is 37.2 Å². The Balaban J connectivity index is 1.21. The molecular weight excluding hydrogens is 715 g/mol. The van der Waals surface area contributed by atoms with E-state index in [1.807, 2.05) is 0 Å². The number of phosphoric acid groups is 3. The van der Waals surface area contributed by atoms with Gasteiger partial charge in [-0.15, -0.1) is 0 Å². The van der Waals surface area contributed by atoms with Gasteiger partial charge in [0, 0.05) is 6.07 Å².